The normalized spacial score (nSPS) is 28.5. The molecule has 0 saturated carbocycles. The van der Waals surface area contributed by atoms with Crippen LogP contribution in [0.1, 0.15) is 13.3 Å². The van der Waals surface area contributed by atoms with Crippen LogP contribution < -0.4 is 10.6 Å². The maximum Gasteiger partial charge on any atom is 0.223 e. The number of aliphatic hydroxyl groups excluding tert-OH is 1. The first-order chi connectivity index (χ1) is 6.25. The van der Waals surface area contributed by atoms with Crippen molar-refractivity contribution in [1.82, 2.24) is 10.6 Å². The van der Waals surface area contributed by atoms with E-state index in [-0.39, 0.29) is 18.4 Å². The highest BCUT2D eigenvalue weighted by molar-refractivity contribution is 5.79. The minimum Gasteiger partial charge on any atom is -0.395 e. The lowest BCUT2D eigenvalue weighted by molar-refractivity contribution is -0.127. The van der Waals surface area contributed by atoms with E-state index >= 15 is 0 Å². The molecule has 1 aliphatic heterocycles. The van der Waals surface area contributed by atoms with Gasteiger partial charge in [-0.05, 0) is 25.4 Å². The third-order valence-electron chi connectivity index (χ3n) is 2.53. The molecule has 0 aromatic rings. The van der Waals surface area contributed by atoms with Gasteiger partial charge in [-0.1, -0.05) is 6.92 Å². The maximum atomic E-state index is 11.5. The zero-order valence-corrected chi connectivity index (χ0v) is 8.05. The fraction of sp³-hybridized carbons (Fsp3) is 0.889. The Bertz CT molecular complexity index is 173. The Kier molecular flexibility index (Phi) is 4.18. The summed E-state index contributed by atoms with van der Waals surface area (Å²) < 4.78 is 0. The molecule has 2 atom stereocenters. The van der Waals surface area contributed by atoms with Gasteiger partial charge in [0.15, 0.2) is 0 Å². The van der Waals surface area contributed by atoms with Gasteiger partial charge in [0.25, 0.3) is 0 Å². The summed E-state index contributed by atoms with van der Waals surface area (Å²) in [5.41, 5.74) is 0. The minimum atomic E-state index is 0.0189. The molecule has 1 fully saturated rings. The van der Waals surface area contributed by atoms with E-state index in [1.807, 2.05) is 0 Å². The summed E-state index contributed by atoms with van der Waals surface area (Å²) in [5.74, 6) is 0.600. The van der Waals surface area contributed by atoms with Crippen molar-refractivity contribution < 1.29 is 9.90 Å². The lowest BCUT2D eigenvalue weighted by atomic mass is 9.87. The highest BCUT2D eigenvalue weighted by Gasteiger charge is 2.26. The molecular formula is C9H18N2O2. The van der Waals surface area contributed by atoms with E-state index in [9.17, 15) is 4.79 Å². The first-order valence-corrected chi connectivity index (χ1v) is 4.85. The fourth-order valence-corrected chi connectivity index (χ4v) is 1.71. The monoisotopic (exact) mass is 186 g/mol. The number of hydrogen-bond acceptors (Lipinski definition) is 3. The summed E-state index contributed by atoms with van der Waals surface area (Å²) in [4.78, 5) is 11.5. The molecule has 4 heteroatoms. The Hall–Kier alpha value is -0.610. The number of nitrogens with one attached hydrogen (secondary N) is 2. The van der Waals surface area contributed by atoms with Gasteiger partial charge in [0.2, 0.25) is 5.91 Å². The van der Waals surface area contributed by atoms with E-state index in [1.165, 1.54) is 0 Å². The number of amides is 1. The molecule has 1 aliphatic rings. The molecule has 0 bridgehead atoms. The fourth-order valence-electron chi connectivity index (χ4n) is 1.71. The Morgan fingerprint density at radius 3 is 3.08 bits per heavy atom. The van der Waals surface area contributed by atoms with Crippen molar-refractivity contribution in [3.8, 4) is 0 Å². The summed E-state index contributed by atoms with van der Waals surface area (Å²) in [6, 6.07) is 0. The van der Waals surface area contributed by atoms with E-state index < -0.39 is 0 Å². The van der Waals surface area contributed by atoms with Gasteiger partial charge in [-0.15, -0.1) is 0 Å². The van der Waals surface area contributed by atoms with Gasteiger partial charge in [0.1, 0.15) is 0 Å². The van der Waals surface area contributed by atoms with Crippen molar-refractivity contribution in [1.29, 1.82) is 0 Å². The van der Waals surface area contributed by atoms with Crippen LogP contribution in [0.2, 0.25) is 0 Å². The highest BCUT2D eigenvalue weighted by atomic mass is 16.3. The van der Waals surface area contributed by atoms with Crippen LogP contribution in [0.4, 0.5) is 0 Å². The van der Waals surface area contributed by atoms with Gasteiger partial charge < -0.3 is 15.7 Å². The first kappa shape index (κ1) is 10.5. The predicted octanol–water partition coefficient (Wildman–Crippen LogP) is -0.659. The summed E-state index contributed by atoms with van der Waals surface area (Å²) in [7, 11) is 0. The van der Waals surface area contributed by atoms with Crippen molar-refractivity contribution >= 4 is 5.91 Å². The van der Waals surface area contributed by atoms with Gasteiger partial charge >= 0.3 is 0 Å². The van der Waals surface area contributed by atoms with Crippen LogP contribution in [-0.2, 0) is 4.79 Å². The first-order valence-electron chi connectivity index (χ1n) is 4.85. The van der Waals surface area contributed by atoms with Crippen molar-refractivity contribution in [2.24, 2.45) is 11.8 Å². The second-order valence-corrected chi connectivity index (χ2v) is 3.59. The van der Waals surface area contributed by atoms with Gasteiger partial charge in [-0.2, -0.15) is 0 Å². The molecule has 2 unspecified atom stereocenters. The van der Waals surface area contributed by atoms with Crippen LogP contribution in [-0.4, -0.2) is 37.3 Å². The third-order valence-corrected chi connectivity index (χ3v) is 2.53. The van der Waals surface area contributed by atoms with E-state index in [2.05, 4.69) is 17.6 Å². The summed E-state index contributed by atoms with van der Waals surface area (Å²) >= 11 is 0. The van der Waals surface area contributed by atoms with Crippen molar-refractivity contribution in [3.63, 3.8) is 0 Å². The van der Waals surface area contributed by atoms with E-state index in [0.717, 1.165) is 19.5 Å². The average Bonchev–Trinajstić information content (AvgIpc) is 2.15. The number of piperidine rings is 1. The topological polar surface area (TPSA) is 61.4 Å². The molecule has 1 saturated heterocycles. The average molecular weight is 186 g/mol. The SMILES string of the molecule is CC1CNCCC1C(=O)NCCO. The Morgan fingerprint density at radius 2 is 2.46 bits per heavy atom. The molecule has 3 N–H and O–H groups in total. The molecule has 0 spiro atoms. The smallest absolute Gasteiger partial charge is 0.223 e. The zero-order valence-electron chi connectivity index (χ0n) is 8.05. The van der Waals surface area contributed by atoms with Gasteiger partial charge in [0.05, 0.1) is 6.61 Å². The molecule has 0 radical (unpaired) electrons. The summed E-state index contributed by atoms with van der Waals surface area (Å²) in [5, 5.41) is 14.5. The van der Waals surface area contributed by atoms with Crippen molar-refractivity contribution in [3.05, 3.63) is 0 Å². The summed E-state index contributed by atoms with van der Waals surface area (Å²) in [6.07, 6.45) is 0.901. The molecule has 0 aliphatic carbocycles. The number of rotatable bonds is 3. The molecule has 76 valence electrons. The second-order valence-electron chi connectivity index (χ2n) is 3.59. The minimum absolute atomic E-state index is 0.0189. The van der Waals surface area contributed by atoms with E-state index in [1.54, 1.807) is 0 Å². The van der Waals surface area contributed by atoms with Crippen LogP contribution in [0.25, 0.3) is 0 Å². The van der Waals surface area contributed by atoms with Crippen LogP contribution in [0.5, 0.6) is 0 Å². The number of carbonyl (C=O) groups is 1. The van der Waals surface area contributed by atoms with Crippen molar-refractivity contribution in [2.45, 2.75) is 13.3 Å². The highest BCUT2D eigenvalue weighted by Crippen LogP contribution is 2.18. The second kappa shape index (κ2) is 5.19. The number of aliphatic hydroxyl groups is 1. The van der Waals surface area contributed by atoms with E-state index in [4.69, 9.17) is 5.11 Å². The standard InChI is InChI=1S/C9H18N2O2/c1-7-6-10-3-2-8(7)9(13)11-4-5-12/h7-8,10,12H,2-6H2,1H3,(H,11,13). The van der Waals surface area contributed by atoms with Crippen LogP contribution in [0.3, 0.4) is 0 Å². The molecule has 1 heterocycles. The zero-order chi connectivity index (χ0) is 9.68. The largest absolute Gasteiger partial charge is 0.395 e. The van der Waals surface area contributed by atoms with Gasteiger partial charge in [-0.25, -0.2) is 0 Å². The molecular weight excluding hydrogens is 168 g/mol. The molecule has 4 nitrogen and oxygen atoms in total. The molecule has 13 heavy (non-hydrogen) atoms. The number of hydrogen-bond donors (Lipinski definition) is 3. The third kappa shape index (κ3) is 2.97. The van der Waals surface area contributed by atoms with Gasteiger partial charge in [-0.3, -0.25) is 4.79 Å². The summed E-state index contributed by atoms with van der Waals surface area (Å²) in [6.45, 7) is 4.30. The number of carbonyl (C=O) groups excluding carboxylic acids is 1. The molecule has 1 rings (SSSR count). The molecule has 0 aromatic carbocycles. The predicted molar refractivity (Wildman–Crippen MR) is 50.2 cm³/mol. The Balaban J connectivity index is 2.35. The Morgan fingerprint density at radius 1 is 1.69 bits per heavy atom. The van der Waals surface area contributed by atoms with Crippen molar-refractivity contribution in [2.75, 3.05) is 26.2 Å². The van der Waals surface area contributed by atoms with Crippen LogP contribution >= 0.6 is 0 Å². The molecule has 1 amide bonds. The maximum absolute atomic E-state index is 11.5. The van der Waals surface area contributed by atoms with Crippen LogP contribution in [0, 0.1) is 11.8 Å². The van der Waals surface area contributed by atoms with Gasteiger partial charge in [0, 0.05) is 12.5 Å². The van der Waals surface area contributed by atoms with Crippen LogP contribution in [0.15, 0.2) is 0 Å². The lowest BCUT2D eigenvalue weighted by Crippen LogP contribution is -2.44. The quantitative estimate of drug-likeness (QED) is 0.548. The Labute approximate surface area is 78.7 Å². The van der Waals surface area contributed by atoms with E-state index in [0.29, 0.717) is 12.5 Å². The molecule has 0 aromatic heterocycles. The lowest BCUT2D eigenvalue weighted by Gasteiger charge is -2.28.